The second-order valence-electron chi connectivity index (χ2n) is 11.7. The highest BCUT2D eigenvalue weighted by Crippen LogP contribution is 2.27. The molecule has 3 N–H and O–H groups in total. The Kier molecular flexibility index (Phi) is 7.63. The molecule has 9 nitrogen and oxygen atoms in total. The summed E-state index contributed by atoms with van der Waals surface area (Å²) in [5.41, 5.74) is 4.71. The number of aromatic amines is 2. The molecule has 0 bridgehead atoms. The van der Waals surface area contributed by atoms with Crippen molar-refractivity contribution in [1.29, 1.82) is 0 Å². The number of hydrogen-bond acceptors (Lipinski definition) is 5. The Balaban J connectivity index is 1.42. The van der Waals surface area contributed by atoms with Gasteiger partial charge in [-0.3, -0.25) is 0 Å². The van der Waals surface area contributed by atoms with Gasteiger partial charge in [-0.25, -0.2) is 4.79 Å². The van der Waals surface area contributed by atoms with Gasteiger partial charge < -0.3 is 29.3 Å². The van der Waals surface area contributed by atoms with E-state index in [0.29, 0.717) is 25.2 Å². The average Bonchev–Trinajstić information content (AvgIpc) is 3.70. The number of para-hydroxylation sites is 2. The van der Waals surface area contributed by atoms with Crippen molar-refractivity contribution in [3.8, 4) is 5.75 Å². The van der Waals surface area contributed by atoms with Crippen molar-refractivity contribution >= 4 is 27.9 Å². The first-order valence-electron chi connectivity index (χ1n) is 14.4. The number of nitrogens with zero attached hydrogens (tertiary/aromatic N) is 3. The first-order chi connectivity index (χ1) is 20.8. The monoisotopic (exact) mass is 576 g/mol. The van der Waals surface area contributed by atoms with Crippen LogP contribution in [0.1, 0.15) is 55.2 Å². The maximum Gasteiger partial charge on any atom is 0.408 e. The highest BCUT2D eigenvalue weighted by atomic mass is 16.6. The number of carbonyl (C=O) groups excluding carboxylic acids is 1. The van der Waals surface area contributed by atoms with Crippen LogP contribution in [0.2, 0.25) is 0 Å². The topological polar surface area (TPSA) is 110 Å². The molecule has 1 amide bonds. The summed E-state index contributed by atoms with van der Waals surface area (Å²) in [5, 5.41) is 14.8. The molecular weight excluding hydrogens is 540 g/mol. The second-order valence-corrected chi connectivity index (χ2v) is 11.7. The number of alkyl carbamates (subject to hydrolysis) is 1. The molecule has 0 saturated carbocycles. The average molecular weight is 577 g/mol. The van der Waals surface area contributed by atoms with Crippen molar-refractivity contribution < 1.29 is 14.3 Å². The van der Waals surface area contributed by atoms with Gasteiger partial charge in [0.05, 0.1) is 19.7 Å². The molecule has 1 atom stereocenters. The van der Waals surface area contributed by atoms with Gasteiger partial charge in [0.1, 0.15) is 17.2 Å². The Morgan fingerprint density at radius 2 is 1.51 bits per heavy atom. The zero-order valence-corrected chi connectivity index (χ0v) is 24.8. The quantitative estimate of drug-likeness (QED) is 0.178. The Bertz CT molecular complexity index is 1860. The van der Waals surface area contributed by atoms with Crippen molar-refractivity contribution in [2.75, 3.05) is 7.11 Å². The standard InChI is InChI=1S/C34H36N6O3/c1-34(2,3)43-33(41)37-30(17-23-19-35-28-11-7-5-9-26(23)28)32-39-38-31(18-24-20-36-29-12-8-6-10-27(24)29)40(32)21-22-13-15-25(42-4)16-14-22/h5-16,19-20,30,35-36H,17-18,21H2,1-4H3,(H,37,41)/t30-/m1/s1. The Morgan fingerprint density at radius 3 is 2.16 bits per heavy atom. The van der Waals surface area contributed by atoms with E-state index in [0.717, 1.165) is 50.1 Å². The van der Waals surface area contributed by atoms with Crippen LogP contribution in [-0.2, 0) is 24.1 Å². The van der Waals surface area contributed by atoms with E-state index in [-0.39, 0.29) is 0 Å². The zero-order chi connectivity index (χ0) is 30.0. The van der Waals surface area contributed by atoms with Gasteiger partial charge in [-0.2, -0.15) is 0 Å². The van der Waals surface area contributed by atoms with E-state index >= 15 is 0 Å². The lowest BCUT2D eigenvalue weighted by molar-refractivity contribution is 0.0500. The molecule has 220 valence electrons. The van der Waals surface area contributed by atoms with E-state index in [9.17, 15) is 4.79 Å². The molecule has 3 aromatic carbocycles. The molecule has 0 aliphatic carbocycles. The van der Waals surface area contributed by atoms with Gasteiger partial charge >= 0.3 is 6.09 Å². The van der Waals surface area contributed by atoms with E-state index in [1.165, 1.54) is 0 Å². The van der Waals surface area contributed by atoms with E-state index in [1.807, 2.05) is 87.8 Å². The predicted octanol–water partition coefficient (Wildman–Crippen LogP) is 6.70. The molecule has 0 aliphatic rings. The summed E-state index contributed by atoms with van der Waals surface area (Å²) in [6.45, 7) is 6.08. The van der Waals surface area contributed by atoms with Crippen LogP contribution in [0.5, 0.6) is 5.75 Å². The van der Waals surface area contributed by atoms with Gasteiger partial charge in [0.2, 0.25) is 0 Å². The minimum atomic E-state index is -0.646. The van der Waals surface area contributed by atoms with E-state index < -0.39 is 17.7 Å². The summed E-state index contributed by atoms with van der Waals surface area (Å²) >= 11 is 0. The van der Waals surface area contributed by atoms with Crippen LogP contribution in [-0.4, -0.2) is 43.5 Å². The minimum absolute atomic E-state index is 0.497. The van der Waals surface area contributed by atoms with E-state index in [4.69, 9.17) is 19.7 Å². The maximum atomic E-state index is 13.2. The molecule has 9 heteroatoms. The van der Waals surface area contributed by atoms with Gasteiger partial charge in [-0.05, 0) is 61.7 Å². The number of amides is 1. The number of nitrogens with one attached hydrogen (secondary N) is 3. The third kappa shape index (κ3) is 6.25. The molecule has 3 heterocycles. The third-order valence-corrected chi connectivity index (χ3v) is 7.48. The number of aromatic nitrogens is 5. The molecule has 0 radical (unpaired) electrons. The fourth-order valence-electron chi connectivity index (χ4n) is 5.45. The Labute approximate surface area is 250 Å². The normalized spacial score (nSPS) is 12.5. The molecule has 0 unspecified atom stereocenters. The number of carbonyl (C=O) groups is 1. The van der Waals surface area contributed by atoms with Crippen molar-refractivity contribution in [3.63, 3.8) is 0 Å². The van der Waals surface area contributed by atoms with Crippen molar-refractivity contribution in [3.05, 3.63) is 114 Å². The third-order valence-electron chi connectivity index (χ3n) is 7.48. The number of benzene rings is 3. The molecule has 0 fully saturated rings. The summed E-state index contributed by atoms with van der Waals surface area (Å²) in [4.78, 5) is 19.9. The van der Waals surface area contributed by atoms with Crippen molar-refractivity contribution in [2.45, 2.75) is 51.8 Å². The van der Waals surface area contributed by atoms with Gasteiger partial charge in [-0.1, -0.05) is 48.5 Å². The first-order valence-corrected chi connectivity index (χ1v) is 14.4. The minimum Gasteiger partial charge on any atom is -0.497 e. The summed E-state index contributed by atoms with van der Waals surface area (Å²) in [6.07, 6.45) is 4.58. The number of fused-ring (bicyclic) bond motifs is 2. The fourth-order valence-corrected chi connectivity index (χ4v) is 5.45. The summed E-state index contributed by atoms with van der Waals surface area (Å²) in [7, 11) is 1.66. The van der Waals surface area contributed by atoms with Crippen LogP contribution < -0.4 is 10.1 Å². The molecule has 6 aromatic rings. The molecule has 0 aliphatic heterocycles. The van der Waals surface area contributed by atoms with Crippen molar-refractivity contribution in [1.82, 2.24) is 30.0 Å². The Morgan fingerprint density at radius 1 is 0.884 bits per heavy atom. The fraction of sp³-hybridized carbons (Fsp3) is 0.265. The Hall–Kier alpha value is -5.05. The van der Waals surface area contributed by atoms with Crippen LogP contribution in [0, 0.1) is 0 Å². The zero-order valence-electron chi connectivity index (χ0n) is 24.8. The maximum absolute atomic E-state index is 13.2. The molecule has 3 aromatic heterocycles. The molecule has 0 spiro atoms. The van der Waals surface area contributed by atoms with Crippen molar-refractivity contribution in [2.24, 2.45) is 0 Å². The summed E-state index contributed by atoms with van der Waals surface area (Å²) in [6, 6.07) is 23.8. The summed E-state index contributed by atoms with van der Waals surface area (Å²) in [5.74, 6) is 2.24. The van der Waals surface area contributed by atoms with E-state index in [1.54, 1.807) is 7.11 Å². The van der Waals surface area contributed by atoms with Crippen LogP contribution in [0.25, 0.3) is 21.8 Å². The van der Waals surface area contributed by atoms with Gasteiger partial charge in [-0.15, -0.1) is 10.2 Å². The summed E-state index contributed by atoms with van der Waals surface area (Å²) < 4.78 is 13.2. The largest absolute Gasteiger partial charge is 0.497 e. The lowest BCUT2D eigenvalue weighted by Crippen LogP contribution is -2.37. The smallest absolute Gasteiger partial charge is 0.408 e. The first kappa shape index (κ1) is 28.1. The predicted molar refractivity (Wildman–Crippen MR) is 167 cm³/mol. The lowest BCUT2D eigenvalue weighted by atomic mass is 10.0. The number of ether oxygens (including phenoxy) is 2. The van der Waals surface area contributed by atoms with Gasteiger partial charge in [0.15, 0.2) is 5.82 Å². The van der Waals surface area contributed by atoms with Gasteiger partial charge in [0, 0.05) is 47.0 Å². The highest BCUT2D eigenvalue weighted by molar-refractivity contribution is 5.84. The second kappa shape index (κ2) is 11.7. The van der Waals surface area contributed by atoms with Crippen LogP contribution in [0.4, 0.5) is 4.79 Å². The van der Waals surface area contributed by atoms with Crippen LogP contribution in [0.15, 0.2) is 85.2 Å². The number of hydrogen-bond donors (Lipinski definition) is 3. The van der Waals surface area contributed by atoms with Gasteiger partial charge in [0.25, 0.3) is 0 Å². The number of methoxy groups -OCH3 is 1. The van der Waals surface area contributed by atoms with Crippen LogP contribution in [0.3, 0.4) is 0 Å². The molecule has 6 rings (SSSR count). The molecular formula is C34H36N6O3. The molecule has 43 heavy (non-hydrogen) atoms. The highest BCUT2D eigenvalue weighted by Gasteiger charge is 2.27. The SMILES string of the molecule is COc1ccc(Cn2c(Cc3c[nH]c4ccccc34)nnc2[C@@H](Cc2c[nH]c3ccccc23)NC(=O)OC(C)(C)C)cc1. The lowest BCUT2D eigenvalue weighted by Gasteiger charge is -2.24. The number of H-pyrrole nitrogens is 2. The molecule has 0 saturated heterocycles. The van der Waals surface area contributed by atoms with Crippen LogP contribution >= 0.6 is 0 Å². The van der Waals surface area contributed by atoms with E-state index in [2.05, 4.69) is 38.1 Å². The number of rotatable bonds is 9.